The van der Waals surface area contributed by atoms with E-state index in [1.54, 1.807) is 24.4 Å². The highest BCUT2D eigenvalue weighted by Gasteiger charge is 2.12. The molecular weight excluding hydrogens is 471 g/mol. The first-order valence-corrected chi connectivity index (χ1v) is 11.2. The van der Waals surface area contributed by atoms with Crippen LogP contribution in [-0.2, 0) is 6.61 Å². The van der Waals surface area contributed by atoms with E-state index in [2.05, 4.69) is 10.5 Å². The molecule has 34 heavy (non-hydrogen) atoms. The largest absolute Gasteiger partial charge is 0.488 e. The van der Waals surface area contributed by atoms with E-state index in [0.29, 0.717) is 21.4 Å². The van der Waals surface area contributed by atoms with Gasteiger partial charge in [0.1, 0.15) is 17.9 Å². The molecule has 0 aliphatic rings. The van der Waals surface area contributed by atoms with Crippen LogP contribution in [0, 0.1) is 0 Å². The Morgan fingerprint density at radius 1 is 0.941 bits per heavy atom. The molecule has 5 nitrogen and oxygen atoms in total. The van der Waals surface area contributed by atoms with Gasteiger partial charge in [0.05, 0.1) is 6.21 Å². The number of rotatable bonds is 6. The minimum Gasteiger partial charge on any atom is -0.488 e. The minimum atomic E-state index is -0.442. The van der Waals surface area contributed by atoms with Crippen LogP contribution in [0.25, 0.3) is 21.7 Å². The average molecular weight is 489 g/mol. The number of furan rings is 1. The third kappa shape index (κ3) is 4.62. The summed E-state index contributed by atoms with van der Waals surface area (Å²) in [5.41, 5.74) is 4.71. The Labute approximate surface area is 205 Å². The van der Waals surface area contributed by atoms with Gasteiger partial charge in [-0.3, -0.25) is 4.79 Å². The lowest BCUT2D eigenvalue weighted by Gasteiger charge is -2.13. The van der Waals surface area contributed by atoms with Crippen LogP contribution in [0.15, 0.2) is 94.4 Å². The van der Waals surface area contributed by atoms with E-state index in [4.69, 9.17) is 32.4 Å². The number of amides is 1. The third-order valence-corrected chi connectivity index (χ3v) is 5.92. The zero-order valence-electron chi connectivity index (χ0n) is 17.8. The number of benzene rings is 4. The van der Waals surface area contributed by atoms with Crippen molar-refractivity contribution >= 4 is 57.1 Å². The zero-order valence-corrected chi connectivity index (χ0v) is 19.3. The lowest BCUT2D eigenvalue weighted by atomic mass is 10.0. The second kappa shape index (κ2) is 9.59. The number of halogens is 2. The van der Waals surface area contributed by atoms with Crippen LogP contribution in [-0.4, -0.2) is 12.1 Å². The molecule has 1 heterocycles. The van der Waals surface area contributed by atoms with Crippen molar-refractivity contribution in [3.05, 3.63) is 112 Å². The number of nitrogens with zero attached hydrogens (tertiary/aromatic N) is 1. The van der Waals surface area contributed by atoms with Crippen molar-refractivity contribution < 1.29 is 13.9 Å². The molecule has 0 fully saturated rings. The molecule has 168 valence electrons. The third-order valence-electron chi connectivity index (χ3n) is 5.34. The molecule has 0 unspecified atom stereocenters. The Morgan fingerprint density at radius 2 is 1.74 bits per heavy atom. The summed E-state index contributed by atoms with van der Waals surface area (Å²) >= 11 is 12.3. The number of carbonyl (C=O) groups is 1. The summed E-state index contributed by atoms with van der Waals surface area (Å²) in [7, 11) is 0. The highest BCUT2D eigenvalue weighted by atomic mass is 35.5. The molecule has 0 saturated heterocycles. The molecule has 4 aromatic carbocycles. The molecule has 0 spiro atoms. The number of hydrazone groups is 1. The Balaban J connectivity index is 1.40. The lowest BCUT2D eigenvalue weighted by Crippen LogP contribution is -2.16. The lowest BCUT2D eigenvalue weighted by molar-refractivity contribution is 0.0929. The van der Waals surface area contributed by atoms with E-state index >= 15 is 0 Å². The zero-order chi connectivity index (χ0) is 23.5. The maximum Gasteiger partial charge on any atom is 0.307 e. The van der Waals surface area contributed by atoms with E-state index in [0.717, 1.165) is 27.3 Å². The van der Waals surface area contributed by atoms with Crippen LogP contribution in [0.5, 0.6) is 5.75 Å². The monoisotopic (exact) mass is 488 g/mol. The molecule has 0 saturated carbocycles. The molecule has 1 N–H and O–H groups in total. The highest BCUT2D eigenvalue weighted by molar-refractivity contribution is 6.35. The summed E-state index contributed by atoms with van der Waals surface area (Å²) in [5, 5.41) is 8.07. The van der Waals surface area contributed by atoms with E-state index in [1.165, 1.54) is 0 Å². The van der Waals surface area contributed by atoms with Gasteiger partial charge >= 0.3 is 5.91 Å². The topological polar surface area (TPSA) is 63.8 Å². The molecule has 0 bridgehead atoms. The Bertz CT molecular complexity index is 1510. The van der Waals surface area contributed by atoms with Crippen LogP contribution in [0.2, 0.25) is 10.0 Å². The number of hydrogen-bond acceptors (Lipinski definition) is 4. The summed E-state index contributed by atoms with van der Waals surface area (Å²) in [6, 6.07) is 26.1. The maximum atomic E-state index is 12.6. The fourth-order valence-electron chi connectivity index (χ4n) is 3.63. The molecule has 0 radical (unpaired) electrons. The smallest absolute Gasteiger partial charge is 0.307 e. The molecule has 1 aromatic heterocycles. The number of fused-ring (bicyclic) bond motifs is 2. The Hall–Kier alpha value is -3.80. The number of ether oxygens (including phenoxy) is 1. The maximum absolute atomic E-state index is 12.6. The van der Waals surface area contributed by atoms with Crippen molar-refractivity contribution in [2.45, 2.75) is 6.61 Å². The predicted octanol–water partition coefficient (Wildman–Crippen LogP) is 7.24. The fraction of sp³-hybridized carbons (Fsp3) is 0.0370. The van der Waals surface area contributed by atoms with Crippen LogP contribution < -0.4 is 10.2 Å². The Morgan fingerprint density at radius 3 is 2.56 bits per heavy atom. The quantitative estimate of drug-likeness (QED) is 0.202. The minimum absolute atomic E-state index is 0.185. The van der Waals surface area contributed by atoms with Gasteiger partial charge in [0.25, 0.3) is 0 Å². The predicted molar refractivity (Wildman–Crippen MR) is 136 cm³/mol. The second-order valence-electron chi connectivity index (χ2n) is 7.57. The second-order valence-corrected chi connectivity index (χ2v) is 8.41. The van der Waals surface area contributed by atoms with Crippen molar-refractivity contribution in [1.29, 1.82) is 0 Å². The van der Waals surface area contributed by atoms with Crippen LogP contribution in [0.3, 0.4) is 0 Å². The van der Waals surface area contributed by atoms with Gasteiger partial charge in [-0.15, -0.1) is 0 Å². The van der Waals surface area contributed by atoms with Crippen LogP contribution in [0.1, 0.15) is 21.7 Å². The fourth-order valence-corrected chi connectivity index (χ4v) is 4.10. The molecular formula is C27H18Cl2N2O3. The highest BCUT2D eigenvalue weighted by Crippen LogP contribution is 2.29. The van der Waals surface area contributed by atoms with Gasteiger partial charge in [-0.05, 0) is 41.1 Å². The Kier molecular flexibility index (Phi) is 6.21. The normalized spacial score (nSPS) is 11.4. The van der Waals surface area contributed by atoms with Crippen LogP contribution >= 0.6 is 23.2 Å². The molecule has 1 amide bonds. The molecule has 0 atom stereocenters. The number of para-hydroxylation sites is 1. The van der Waals surface area contributed by atoms with Crippen molar-refractivity contribution in [1.82, 2.24) is 5.43 Å². The first kappa shape index (κ1) is 22.0. The number of carbonyl (C=O) groups excluding carboxylic acids is 1. The molecule has 5 rings (SSSR count). The summed E-state index contributed by atoms with van der Waals surface area (Å²) < 4.78 is 11.7. The standard InChI is InChI=1S/C27H18Cl2N2O3/c28-20-11-9-19(23(29)14-20)16-33-25-12-10-17-5-1-3-7-21(17)22(25)15-30-31-27(32)26-13-18-6-2-4-8-24(18)34-26/h1-15H,16H2,(H,31,32)/b30-15+. The summed E-state index contributed by atoms with van der Waals surface area (Å²) in [6.07, 6.45) is 1.57. The van der Waals surface area contributed by atoms with E-state index in [-0.39, 0.29) is 12.4 Å². The summed E-state index contributed by atoms with van der Waals surface area (Å²) in [5.74, 6) is 0.347. The van der Waals surface area contributed by atoms with E-state index in [1.807, 2.05) is 66.7 Å². The first-order chi connectivity index (χ1) is 16.6. The van der Waals surface area contributed by atoms with Gasteiger partial charge in [-0.2, -0.15) is 5.10 Å². The van der Waals surface area contributed by atoms with Gasteiger partial charge in [0.15, 0.2) is 5.76 Å². The van der Waals surface area contributed by atoms with Gasteiger partial charge in [-0.25, -0.2) is 5.43 Å². The van der Waals surface area contributed by atoms with Crippen LogP contribution in [0.4, 0.5) is 0 Å². The van der Waals surface area contributed by atoms with E-state index < -0.39 is 5.91 Å². The molecule has 0 aliphatic heterocycles. The summed E-state index contributed by atoms with van der Waals surface area (Å²) in [6.45, 7) is 0.251. The van der Waals surface area contributed by atoms with Crippen molar-refractivity contribution in [2.75, 3.05) is 0 Å². The average Bonchev–Trinajstić information content (AvgIpc) is 3.29. The number of hydrogen-bond donors (Lipinski definition) is 1. The molecule has 0 aliphatic carbocycles. The van der Waals surface area contributed by atoms with Crippen molar-refractivity contribution in [2.24, 2.45) is 5.10 Å². The SMILES string of the molecule is O=C(N/N=C/c1c(OCc2ccc(Cl)cc2Cl)ccc2ccccc12)c1cc2ccccc2o1. The van der Waals surface area contributed by atoms with Gasteiger partial charge in [-0.1, -0.05) is 77.8 Å². The van der Waals surface area contributed by atoms with Gasteiger partial charge in [0, 0.05) is 26.6 Å². The molecule has 5 aromatic rings. The van der Waals surface area contributed by atoms with Crippen molar-refractivity contribution in [3.8, 4) is 5.75 Å². The number of nitrogens with one attached hydrogen (secondary N) is 1. The van der Waals surface area contributed by atoms with Gasteiger partial charge in [0.2, 0.25) is 0 Å². The van der Waals surface area contributed by atoms with Gasteiger partial charge < -0.3 is 9.15 Å². The summed E-state index contributed by atoms with van der Waals surface area (Å²) in [4.78, 5) is 12.6. The van der Waals surface area contributed by atoms with E-state index in [9.17, 15) is 4.79 Å². The van der Waals surface area contributed by atoms with Crippen molar-refractivity contribution in [3.63, 3.8) is 0 Å². The molecule has 7 heteroatoms. The first-order valence-electron chi connectivity index (χ1n) is 10.5.